The molecule has 0 N–H and O–H groups in total. The number of esters is 3. The minimum Gasteiger partial charge on any atom is -0.462 e. The van der Waals surface area contributed by atoms with Crippen LogP contribution in [0.25, 0.3) is 0 Å². The molecule has 0 rings (SSSR count). The van der Waals surface area contributed by atoms with Crippen molar-refractivity contribution < 1.29 is 28.6 Å². The third-order valence-electron chi connectivity index (χ3n) is 15.0. The van der Waals surface area contributed by atoms with E-state index in [9.17, 15) is 14.4 Å². The largest absolute Gasteiger partial charge is 0.462 e. The first kappa shape index (κ1) is 70.1. The Morgan fingerprint density at radius 2 is 0.458 bits per heavy atom. The minimum absolute atomic E-state index is 0.0658. The fourth-order valence-electron chi connectivity index (χ4n) is 10.1. The average molecular weight is 1020 g/mol. The summed E-state index contributed by atoms with van der Waals surface area (Å²) in [7, 11) is 0. The van der Waals surface area contributed by atoms with E-state index in [1.807, 2.05) is 0 Å². The summed E-state index contributed by atoms with van der Waals surface area (Å²) >= 11 is 0. The average Bonchev–Trinajstić information content (AvgIpc) is 3.38. The fourth-order valence-corrected chi connectivity index (χ4v) is 10.1. The lowest BCUT2D eigenvalue weighted by atomic mass is 10.0. The molecule has 72 heavy (non-hydrogen) atoms. The van der Waals surface area contributed by atoms with E-state index in [0.29, 0.717) is 19.3 Å². The van der Waals surface area contributed by atoms with Gasteiger partial charge in [0.1, 0.15) is 13.2 Å². The zero-order chi connectivity index (χ0) is 52.2. The lowest BCUT2D eigenvalue weighted by Crippen LogP contribution is -2.30. The third-order valence-corrected chi connectivity index (χ3v) is 15.0. The van der Waals surface area contributed by atoms with E-state index in [1.54, 1.807) is 0 Å². The first-order chi connectivity index (χ1) is 35.5. The van der Waals surface area contributed by atoms with Crippen LogP contribution in [0.15, 0.2) is 12.2 Å². The Morgan fingerprint density at radius 3 is 0.694 bits per heavy atom. The molecule has 0 radical (unpaired) electrons. The fraction of sp³-hybridized carbons (Fsp3) is 0.924. The summed E-state index contributed by atoms with van der Waals surface area (Å²) in [5.41, 5.74) is 0. The smallest absolute Gasteiger partial charge is 0.306 e. The summed E-state index contributed by atoms with van der Waals surface area (Å²) in [6.07, 6.45) is 72.2. The van der Waals surface area contributed by atoms with E-state index in [1.165, 1.54) is 270 Å². The molecule has 6 nitrogen and oxygen atoms in total. The number of carbonyl (C=O) groups is 3. The van der Waals surface area contributed by atoms with Gasteiger partial charge >= 0.3 is 17.9 Å². The van der Waals surface area contributed by atoms with Crippen LogP contribution in [0.2, 0.25) is 0 Å². The molecule has 0 fully saturated rings. The Bertz CT molecular complexity index is 1120. The van der Waals surface area contributed by atoms with Gasteiger partial charge < -0.3 is 14.2 Å². The molecule has 0 amide bonds. The van der Waals surface area contributed by atoms with Gasteiger partial charge in [-0.15, -0.1) is 0 Å². The van der Waals surface area contributed by atoms with Gasteiger partial charge in [-0.1, -0.05) is 322 Å². The van der Waals surface area contributed by atoms with Crippen molar-refractivity contribution in [2.75, 3.05) is 13.2 Å². The standard InChI is InChI=1S/C66H126O6/c1-4-7-10-13-16-19-22-25-28-31-32-33-34-36-38-41-44-47-50-53-56-59-65(68)71-62-63(61-70-64(67)58-55-52-49-46-43-40-37-30-27-24-21-18-15-12-9-6-3)72-66(69)60-57-54-51-48-45-42-39-35-29-26-23-20-17-14-11-8-5-2/h30,37,63H,4-29,31-36,38-62H2,1-3H3/b37-30-. The van der Waals surface area contributed by atoms with Crippen LogP contribution in [0.3, 0.4) is 0 Å². The molecule has 0 heterocycles. The second-order valence-electron chi connectivity index (χ2n) is 22.4. The zero-order valence-electron chi connectivity index (χ0n) is 49.0. The van der Waals surface area contributed by atoms with Crippen molar-refractivity contribution >= 4 is 17.9 Å². The van der Waals surface area contributed by atoms with Crippen molar-refractivity contribution in [1.82, 2.24) is 0 Å². The van der Waals surface area contributed by atoms with E-state index >= 15 is 0 Å². The predicted molar refractivity (Wildman–Crippen MR) is 312 cm³/mol. The van der Waals surface area contributed by atoms with Crippen LogP contribution in [0, 0.1) is 0 Å². The van der Waals surface area contributed by atoms with E-state index in [4.69, 9.17) is 14.2 Å². The van der Waals surface area contributed by atoms with E-state index < -0.39 is 6.10 Å². The molecule has 0 spiro atoms. The summed E-state index contributed by atoms with van der Waals surface area (Å²) < 4.78 is 17.0. The molecule has 1 unspecified atom stereocenters. The summed E-state index contributed by atoms with van der Waals surface area (Å²) in [4.78, 5) is 38.3. The highest BCUT2D eigenvalue weighted by Gasteiger charge is 2.19. The minimum atomic E-state index is -0.769. The van der Waals surface area contributed by atoms with Crippen LogP contribution in [0.5, 0.6) is 0 Å². The maximum Gasteiger partial charge on any atom is 0.306 e. The Morgan fingerprint density at radius 1 is 0.264 bits per heavy atom. The second-order valence-corrected chi connectivity index (χ2v) is 22.4. The zero-order valence-corrected chi connectivity index (χ0v) is 49.0. The number of rotatable bonds is 61. The van der Waals surface area contributed by atoms with Crippen molar-refractivity contribution in [3.63, 3.8) is 0 Å². The quantitative estimate of drug-likeness (QED) is 0.0261. The first-order valence-corrected chi connectivity index (χ1v) is 32.7. The van der Waals surface area contributed by atoms with Gasteiger partial charge in [0.2, 0.25) is 0 Å². The van der Waals surface area contributed by atoms with Crippen molar-refractivity contribution in [3.8, 4) is 0 Å². The number of unbranched alkanes of at least 4 members (excludes halogenated alkanes) is 48. The van der Waals surface area contributed by atoms with Gasteiger partial charge in [-0.25, -0.2) is 0 Å². The summed E-state index contributed by atoms with van der Waals surface area (Å²) in [6, 6.07) is 0. The summed E-state index contributed by atoms with van der Waals surface area (Å²) in [6.45, 7) is 6.71. The maximum absolute atomic E-state index is 12.9. The number of carbonyl (C=O) groups excluding carboxylic acids is 3. The van der Waals surface area contributed by atoms with Gasteiger partial charge in [0, 0.05) is 19.3 Å². The molecule has 0 aromatic heterocycles. The lowest BCUT2D eigenvalue weighted by molar-refractivity contribution is -0.167. The molecule has 0 saturated carbocycles. The Hall–Kier alpha value is -1.85. The SMILES string of the molecule is CCCCCCCCC/C=C\CCCCCCCC(=O)OCC(COC(=O)CCCCCCCCCCCCCCCCCCCCCCC)OC(=O)CCCCCCCCCCCCCCCCCCC. The van der Waals surface area contributed by atoms with Gasteiger partial charge in [-0.2, -0.15) is 0 Å². The summed E-state index contributed by atoms with van der Waals surface area (Å²) in [5, 5.41) is 0. The highest BCUT2D eigenvalue weighted by Crippen LogP contribution is 2.18. The van der Waals surface area contributed by atoms with Crippen molar-refractivity contribution in [2.24, 2.45) is 0 Å². The third kappa shape index (κ3) is 59.0. The normalized spacial score (nSPS) is 12.0. The van der Waals surface area contributed by atoms with E-state index in [-0.39, 0.29) is 31.1 Å². The Labute approximate surface area is 450 Å². The highest BCUT2D eigenvalue weighted by molar-refractivity contribution is 5.71. The Balaban J connectivity index is 4.28. The van der Waals surface area contributed by atoms with Gasteiger partial charge in [0.25, 0.3) is 0 Å². The van der Waals surface area contributed by atoms with Crippen LogP contribution in [0.1, 0.15) is 374 Å². The van der Waals surface area contributed by atoms with E-state index in [2.05, 4.69) is 32.9 Å². The van der Waals surface area contributed by atoms with Gasteiger partial charge in [-0.05, 0) is 44.9 Å². The van der Waals surface area contributed by atoms with Crippen LogP contribution in [-0.4, -0.2) is 37.2 Å². The van der Waals surface area contributed by atoms with Gasteiger partial charge in [-0.3, -0.25) is 14.4 Å². The predicted octanol–water partition coefficient (Wildman–Crippen LogP) is 22.1. The lowest BCUT2D eigenvalue weighted by Gasteiger charge is -2.18. The molecule has 0 aliphatic carbocycles. The molecule has 426 valence electrons. The molecule has 0 saturated heterocycles. The number of allylic oxidation sites excluding steroid dienone is 2. The maximum atomic E-state index is 12.9. The molecule has 0 aliphatic rings. The first-order valence-electron chi connectivity index (χ1n) is 32.7. The van der Waals surface area contributed by atoms with E-state index in [0.717, 1.165) is 64.2 Å². The van der Waals surface area contributed by atoms with Crippen LogP contribution in [-0.2, 0) is 28.6 Å². The molecule has 1 atom stereocenters. The number of hydrogen-bond acceptors (Lipinski definition) is 6. The van der Waals surface area contributed by atoms with Crippen molar-refractivity contribution in [3.05, 3.63) is 12.2 Å². The van der Waals surface area contributed by atoms with Crippen LogP contribution < -0.4 is 0 Å². The van der Waals surface area contributed by atoms with Gasteiger partial charge in [0.15, 0.2) is 6.10 Å². The Kier molecular flexibility index (Phi) is 60.1. The highest BCUT2D eigenvalue weighted by atomic mass is 16.6. The second kappa shape index (κ2) is 61.7. The van der Waals surface area contributed by atoms with Gasteiger partial charge in [0.05, 0.1) is 0 Å². The number of hydrogen-bond donors (Lipinski definition) is 0. The molecule has 0 aromatic carbocycles. The van der Waals surface area contributed by atoms with Crippen LogP contribution >= 0.6 is 0 Å². The molecular weight excluding hydrogens is 889 g/mol. The van der Waals surface area contributed by atoms with Crippen molar-refractivity contribution in [1.29, 1.82) is 0 Å². The number of ether oxygens (including phenoxy) is 3. The molecule has 0 aromatic rings. The molecule has 6 heteroatoms. The monoisotopic (exact) mass is 1010 g/mol. The van der Waals surface area contributed by atoms with Crippen LogP contribution in [0.4, 0.5) is 0 Å². The molecule has 0 bridgehead atoms. The summed E-state index contributed by atoms with van der Waals surface area (Å²) in [5.74, 6) is -0.842. The molecule has 0 aliphatic heterocycles. The topological polar surface area (TPSA) is 78.9 Å². The van der Waals surface area contributed by atoms with Crippen molar-refractivity contribution in [2.45, 2.75) is 380 Å². The molecular formula is C66H126O6.